The van der Waals surface area contributed by atoms with E-state index >= 15 is 0 Å². The Labute approximate surface area is 151 Å². The molecule has 0 heterocycles. The van der Waals surface area contributed by atoms with E-state index in [1.807, 2.05) is 25.1 Å². The molecule has 0 radical (unpaired) electrons. The zero-order valence-electron chi connectivity index (χ0n) is 14.5. The van der Waals surface area contributed by atoms with E-state index in [1.54, 1.807) is 12.1 Å². The standard InChI is InChI=1S/C19H19NO6/c1-3-4-14-7-10-17(18(11-14)24-2)25-13-19(21)26-12-15-5-8-16(9-6-15)20(22)23/h3-11H,12-13H2,1-2H3/b4-3+. The Morgan fingerprint density at radius 2 is 1.88 bits per heavy atom. The van der Waals surface area contributed by atoms with Crippen molar-refractivity contribution >= 4 is 17.7 Å². The van der Waals surface area contributed by atoms with Gasteiger partial charge in [-0.1, -0.05) is 18.2 Å². The summed E-state index contributed by atoms with van der Waals surface area (Å²) < 4.78 is 15.8. The van der Waals surface area contributed by atoms with Gasteiger partial charge in [0.15, 0.2) is 18.1 Å². The van der Waals surface area contributed by atoms with Crippen LogP contribution in [0.2, 0.25) is 0 Å². The fourth-order valence-electron chi connectivity index (χ4n) is 2.16. The highest BCUT2D eigenvalue weighted by Crippen LogP contribution is 2.28. The molecular formula is C19H19NO6. The van der Waals surface area contributed by atoms with Gasteiger partial charge in [0.25, 0.3) is 5.69 Å². The molecule has 26 heavy (non-hydrogen) atoms. The molecule has 7 nitrogen and oxygen atoms in total. The Hall–Kier alpha value is -3.35. The van der Waals surface area contributed by atoms with Crippen LogP contribution in [0.25, 0.3) is 6.08 Å². The number of non-ortho nitro benzene ring substituents is 1. The van der Waals surface area contributed by atoms with Crippen LogP contribution < -0.4 is 9.47 Å². The van der Waals surface area contributed by atoms with Crippen molar-refractivity contribution in [1.82, 2.24) is 0 Å². The molecule has 0 aliphatic rings. The molecule has 0 aromatic heterocycles. The third-order valence-electron chi connectivity index (χ3n) is 3.44. The average molecular weight is 357 g/mol. The van der Waals surface area contributed by atoms with Crippen molar-refractivity contribution in [3.8, 4) is 11.5 Å². The van der Waals surface area contributed by atoms with Crippen molar-refractivity contribution in [2.75, 3.05) is 13.7 Å². The van der Waals surface area contributed by atoms with Crippen molar-refractivity contribution in [1.29, 1.82) is 0 Å². The molecule has 2 aromatic rings. The quantitative estimate of drug-likeness (QED) is 0.406. The number of hydrogen-bond acceptors (Lipinski definition) is 6. The van der Waals surface area contributed by atoms with E-state index in [0.717, 1.165) is 5.56 Å². The topological polar surface area (TPSA) is 87.9 Å². The maximum Gasteiger partial charge on any atom is 0.344 e. The van der Waals surface area contributed by atoms with E-state index in [0.29, 0.717) is 17.1 Å². The Morgan fingerprint density at radius 3 is 2.50 bits per heavy atom. The van der Waals surface area contributed by atoms with Crippen LogP contribution in [0.3, 0.4) is 0 Å². The molecule has 0 bridgehead atoms. The van der Waals surface area contributed by atoms with Gasteiger partial charge in [-0.15, -0.1) is 0 Å². The Kier molecular flexibility index (Phi) is 6.73. The summed E-state index contributed by atoms with van der Waals surface area (Å²) in [4.78, 5) is 21.9. The van der Waals surface area contributed by atoms with E-state index in [2.05, 4.69) is 0 Å². The molecule has 0 amide bonds. The minimum absolute atomic E-state index is 0.0115. The van der Waals surface area contributed by atoms with E-state index in [-0.39, 0.29) is 18.9 Å². The molecule has 0 saturated heterocycles. The summed E-state index contributed by atoms with van der Waals surface area (Å²) in [6.07, 6.45) is 3.83. The normalized spacial score (nSPS) is 10.5. The van der Waals surface area contributed by atoms with Crippen molar-refractivity contribution in [2.45, 2.75) is 13.5 Å². The van der Waals surface area contributed by atoms with Crippen LogP contribution in [0, 0.1) is 10.1 Å². The smallest absolute Gasteiger partial charge is 0.344 e. The fraction of sp³-hybridized carbons (Fsp3) is 0.211. The number of nitro benzene ring substituents is 1. The lowest BCUT2D eigenvalue weighted by Crippen LogP contribution is -2.15. The highest BCUT2D eigenvalue weighted by atomic mass is 16.6. The van der Waals surface area contributed by atoms with Crippen LogP contribution in [-0.2, 0) is 16.1 Å². The first-order valence-corrected chi connectivity index (χ1v) is 7.86. The monoisotopic (exact) mass is 357 g/mol. The molecule has 0 saturated carbocycles. The van der Waals surface area contributed by atoms with Gasteiger partial charge < -0.3 is 14.2 Å². The van der Waals surface area contributed by atoms with Gasteiger partial charge in [0.05, 0.1) is 12.0 Å². The van der Waals surface area contributed by atoms with Gasteiger partial charge in [-0.05, 0) is 42.3 Å². The third-order valence-corrected chi connectivity index (χ3v) is 3.44. The largest absolute Gasteiger partial charge is 0.493 e. The zero-order chi connectivity index (χ0) is 18.9. The van der Waals surface area contributed by atoms with Gasteiger partial charge in [-0.3, -0.25) is 10.1 Å². The van der Waals surface area contributed by atoms with E-state index < -0.39 is 10.9 Å². The third kappa shape index (κ3) is 5.34. The van der Waals surface area contributed by atoms with Crippen molar-refractivity contribution in [2.24, 2.45) is 0 Å². The number of nitro groups is 1. The number of hydrogen-bond donors (Lipinski definition) is 0. The molecule has 2 rings (SSSR count). The first-order chi connectivity index (χ1) is 12.5. The number of methoxy groups -OCH3 is 1. The predicted octanol–water partition coefficient (Wildman–Crippen LogP) is 3.76. The number of nitrogens with zero attached hydrogens (tertiary/aromatic N) is 1. The van der Waals surface area contributed by atoms with Gasteiger partial charge in [-0.25, -0.2) is 4.79 Å². The average Bonchev–Trinajstić information content (AvgIpc) is 2.65. The molecule has 136 valence electrons. The molecule has 0 N–H and O–H groups in total. The van der Waals surface area contributed by atoms with Crippen molar-refractivity contribution in [3.05, 3.63) is 69.8 Å². The molecule has 0 fully saturated rings. The van der Waals surface area contributed by atoms with Gasteiger partial charge in [0.1, 0.15) is 6.61 Å². The van der Waals surface area contributed by atoms with Crippen LogP contribution in [0.5, 0.6) is 11.5 Å². The molecule has 0 atom stereocenters. The lowest BCUT2D eigenvalue weighted by Gasteiger charge is -2.11. The zero-order valence-corrected chi connectivity index (χ0v) is 14.5. The second-order valence-corrected chi connectivity index (χ2v) is 5.28. The van der Waals surface area contributed by atoms with Gasteiger partial charge >= 0.3 is 5.97 Å². The lowest BCUT2D eigenvalue weighted by atomic mass is 10.2. The minimum atomic E-state index is -0.553. The molecule has 0 spiro atoms. The van der Waals surface area contributed by atoms with Crippen LogP contribution in [0.1, 0.15) is 18.1 Å². The van der Waals surface area contributed by atoms with Crippen LogP contribution in [-0.4, -0.2) is 24.6 Å². The van der Waals surface area contributed by atoms with Gasteiger partial charge in [-0.2, -0.15) is 0 Å². The predicted molar refractivity (Wildman–Crippen MR) is 96.1 cm³/mol. The Morgan fingerprint density at radius 1 is 1.15 bits per heavy atom. The summed E-state index contributed by atoms with van der Waals surface area (Å²) in [5.74, 6) is 0.403. The van der Waals surface area contributed by atoms with E-state index in [4.69, 9.17) is 14.2 Å². The van der Waals surface area contributed by atoms with Crippen LogP contribution in [0.4, 0.5) is 5.69 Å². The van der Waals surface area contributed by atoms with Crippen molar-refractivity contribution < 1.29 is 23.9 Å². The first kappa shape index (κ1) is 19.0. The Balaban J connectivity index is 1.87. The SMILES string of the molecule is C/C=C/c1ccc(OCC(=O)OCc2ccc([N+](=O)[O-])cc2)c(OC)c1. The highest BCUT2D eigenvalue weighted by molar-refractivity contribution is 5.71. The van der Waals surface area contributed by atoms with Crippen LogP contribution in [0.15, 0.2) is 48.5 Å². The number of rotatable bonds is 8. The number of benzene rings is 2. The number of carbonyl (C=O) groups excluding carboxylic acids is 1. The summed E-state index contributed by atoms with van der Waals surface area (Å²) in [7, 11) is 1.52. The van der Waals surface area contributed by atoms with Gasteiger partial charge in [0, 0.05) is 12.1 Å². The Bertz CT molecular complexity index is 798. The van der Waals surface area contributed by atoms with E-state index in [1.165, 1.54) is 31.4 Å². The molecule has 7 heteroatoms. The number of allylic oxidation sites excluding steroid dienone is 1. The van der Waals surface area contributed by atoms with E-state index in [9.17, 15) is 14.9 Å². The summed E-state index contributed by atoms with van der Waals surface area (Å²) in [6.45, 7) is 1.65. The summed E-state index contributed by atoms with van der Waals surface area (Å²) in [5.41, 5.74) is 1.59. The first-order valence-electron chi connectivity index (χ1n) is 7.86. The molecule has 0 aliphatic carbocycles. The fourth-order valence-corrected chi connectivity index (χ4v) is 2.16. The minimum Gasteiger partial charge on any atom is -0.493 e. The summed E-state index contributed by atoms with van der Waals surface area (Å²) in [6, 6.07) is 11.2. The summed E-state index contributed by atoms with van der Waals surface area (Å²) in [5, 5.41) is 10.6. The highest BCUT2D eigenvalue weighted by Gasteiger charge is 2.10. The number of esters is 1. The summed E-state index contributed by atoms with van der Waals surface area (Å²) >= 11 is 0. The second kappa shape index (κ2) is 9.22. The maximum atomic E-state index is 11.8. The lowest BCUT2D eigenvalue weighted by molar-refractivity contribution is -0.384. The molecular weight excluding hydrogens is 338 g/mol. The number of ether oxygens (including phenoxy) is 3. The maximum absolute atomic E-state index is 11.8. The molecule has 0 aliphatic heterocycles. The molecule has 2 aromatic carbocycles. The molecule has 0 unspecified atom stereocenters. The van der Waals surface area contributed by atoms with Gasteiger partial charge in [0.2, 0.25) is 0 Å². The van der Waals surface area contributed by atoms with Crippen molar-refractivity contribution in [3.63, 3.8) is 0 Å². The number of carbonyl (C=O) groups is 1. The second-order valence-electron chi connectivity index (χ2n) is 5.28. The van der Waals surface area contributed by atoms with Crippen LogP contribution >= 0.6 is 0 Å².